The first-order valence-electron chi connectivity index (χ1n) is 31.6. The lowest BCUT2D eigenvalue weighted by molar-refractivity contribution is 0.590. The Morgan fingerprint density at radius 3 is 1.76 bits per heavy atom. The molecule has 0 radical (unpaired) electrons. The number of benzene rings is 13. The van der Waals surface area contributed by atoms with Gasteiger partial charge in [0.05, 0.1) is 49.2 Å². The molecular weight excluding hydrogens is 1190 g/mol. The first-order valence-corrected chi connectivity index (χ1v) is 34.0. The molecule has 0 saturated carbocycles. The predicted octanol–water partition coefficient (Wildman–Crippen LogP) is 24.0. The molecule has 20 aromatic rings. The summed E-state index contributed by atoms with van der Waals surface area (Å²) in [6.07, 6.45) is 0. The molecule has 0 unspecified atom stereocenters. The number of para-hydroxylation sites is 1. The molecule has 9 heteroatoms. The molecule has 93 heavy (non-hydrogen) atoms. The number of hydrogen-bond donors (Lipinski definition) is 0. The molecule has 0 spiro atoms. The van der Waals surface area contributed by atoms with Gasteiger partial charge in [0, 0.05) is 88.5 Å². The van der Waals surface area contributed by atoms with Crippen molar-refractivity contribution in [1.29, 1.82) is 0 Å². The zero-order valence-corrected chi connectivity index (χ0v) is 53.2. The largest absolute Gasteiger partial charge is 0.278 e. The van der Waals surface area contributed by atoms with E-state index in [0.717, 1.165) is 87.8 Å². The van der Waals surface area contributed by atoms with E-state index in [4.69, 9.17) is 19.9 Å². The van der Waals surface area contributed by atoms with E-state index in [0.29, 0.717) is 11.9 Å². The van der Waals surface area contributed by atoms with Gasteiger partial charge in [-0.15, -0.1) is 34.0 Å². The molecule has 20 rings (SSSR count). The highest BCUT2D eigenvalue weighted by Crippen LogP contribution is 2.48. The van der Waals surface area contributed by atoms with Gasteiger partial charge in [0.15, 0.2) is 0 Å². The maximum atomic E-state index is 5.72. The first-order chi connectivity index (χ1) is 45.7. The van der Waals surface area contributed by atoms with Gasteiger partial charge in [0.1, 0.15) is 0 Å². The van der Waals surface area contributed by atoms with E-state index in [2.05, 4.69) is 291 Å². The van der Waals surface area contributed by atoms with Crippen molar-refractivity contribution in [2.24, 2.45) is 0 Å². The van der Waals surface area contributed by atoms with E-state index in [9.17, 15) is 0 Å². The van der Waals surface area contributed by atoms with Crippen LogP contribution in [0, 0.1) is 0 Å². The van der Waals surface area contributed by atoms with Crippen LogP contribution in [0.1, 0.15) is 26.3 Å². The minimum absolute atomic E-state index is 0.0108. The molecule has 13 aromatic carbocycles. The van der Waals surface area contributed by atoms with E-state index >= 15 is 0 Å². The summed E-state index contributed by atoms with van der Waals surface area (Å²) in [4.78, 5) is 22.5. The molecular formula is C84H52N6S3. The minimum atomic E-state index is -0.0108. The van der Waals surface area contributed by atoms with E-state index in [-0.39, 0.29) is 5.41 Å². The molecule has 0 aliphatic rings. The van der Waals surface area contributed by atoms with Crippen molar-refractivity contribution in [3.8, 4) is 56.7 Å². The van der Waals surface area contributed by atoms with Crippen LogP contribution in [0.2, 0.25) is 0 Å². The second-order valence-corrected chi connectivity index (χ2v) is 28.9. The summed E-state index contributed by atoms with van der Waals surface area (Å²) in [6, 6.07) is 95.8. The highest BCUT2D eigenvalue weighted by molar-refractivity contribution is 7.27. The van der Waals surface area contributed by atoms with Crippen LogP contribution in [-0.4, -0.2) is 29.1 Å². The first kappa shape index (κ1) is 52.8. The SMILES string of the molecule is CC(C)(C)c1ccc(-c2nc(-n3c4cc5c(cc4c4c6ccccc6ccc43)sc3ccccc35)nc3ccc(-c4ccc5c(ccc6sc7cc8c9ccccc9n(-c9nc(-c%10cccc(-c%11ccccc%11)c%10)c%10sc%11ccccc%11c%10n9)c8cc7c65)c4)cc23)cc1. The van der Waals surface area contributed by atoms with E-state index in [1.165, 1.54) is 99.3 Å². The van der Waals surface area contributed by atoms with Gasteiger partial charge in [-0.3, -0.25) is 9.13 Å². The molecule has 6 nitrogen and oxygen atoms in total. The Morgan fingerprint density at radius 1 is 0.290 bits per heavy atom. The van der Waals surface area contributed by atoms with Crippen LogP contribution in [0.3, 0.4) is 0 Å². The smallest absolute Gasteiger partial charge is 0.235 e. The Hall–Kier alpha value is -10.9. The van der Waals surface area contributed by atoms with Crippen LogP contribution in [0.4, 0.5) is 0 Å². The summed E-state index contributed by atoms with van der Waals surface area (Å²) < 4.78 is 11.9. The van der Waals surface area contributed by atoms with Crippen LogP contribution in [0.5, 0.6) is 0 Å². The predicted molar refractivity (Wildman–Crippen MR) is 398 cm³/mol. The normalized spacial score (nSPS) is 12.5. The standard InChI is InChI=1S/C84H52N6S3/c1-84(2,3)55-34-28-49(29-35-55)78-63-42-52(31-37-66(63)85-82(86-78)90-68-38-32-48-18-7-8-21-56(48)76(68)64-46-74-62(43-70(64)90)59-23-10-13-26-71(59)91-74)51-30-36-57-53(40-51)33-39-73-77(57)65-44-69-61(45-75(65)92-73)58-22-9-12-25-67(58)89(69)83-87-79(81-80(88-83)60-24-11-14-27-72(60)93-81)54-20-15-19-50(41-54)47-16-5-4-6-17-47/h4-46H,1-3H3. The Morgan fingerprint density at radius 2 is 0.903 bits per heavy atom. The minimum Gasteiger partial charge on any atom is -0.278 e. The summed E-state index contributed by atoms with van der Waals surface area (Å²) in [5.41, 5.74) is 15.9. The fourth-order valence-electron chi connectivity index (χ4n) is 14.8. The van der Waals surface area contributed by atoms with Gasteiger partial charge < -0.3 is 0 Å². The van der Waals surface area contributed by atoms with Gasteiger partial charge in [-0.2, -0.15) is 0 Å². The van der Waals surface area contributed by atoms with Crippen molar-refractivity contribution in [3.05, 3.63) is 266 Å². The molecule has 0 aliphatic carbocycles. The second-order valence-electron chi connectivity index (χ2n) is 25.7. The summed E-state index contributed by atoms with van der Waals surface area (Å²) in [5, 5.41) is 16.7. The van der Waals surface area contributed by atoms with Crippen molar-refractivity contribution in [2.45, 2.75) is 26.2 Å². The molecule has 0 bridgehead atoms. The van der Waals surface area contributed by atoms with Crippen molar-refractivity contribution in [1.82, 2.24) is 29.1 Å². The monoisotopic (exact) mass is 1240 g/mol. The van der Waals surface area contributed by atoms with Gasteiger partial charge in [0.25, 0.3) is 0 Å². The number of fused-ring (bicyclic) bond motifs is 20. The third-order valence-corrected chi connectivity index (χ3v) is 22.7. The number of nitrogens with zero attached hydrogens (tertiary/aromatic N) is 6. The average molecular weight is 1240 g/mol. The highest BCUT2D eigenvalue weighted by atomic mass is 32.1. The average Bonchev–Trinajstić information content (AvgIpc) is 1.58. The number of rotatable bonds is 6. The topological polar surface area (TPSA) is 61.4 Å². The zero-order valence-electron chi connectivity index (χ0n) is 50.7. The summed E-state index contributed by atoms with van der Waals surface area (Å²) in [7, 11) is 0. The highest BCUT2D eigenvalue weighted by Gasteiger charge is 2.25. The Kier molecular flexibility index (Phi) is 11.2. The fourth-order valence-corrected chi connectivity index (χ4v) is 18.2. The Labute approximate surface area is 545 Å². The lowest BCUT2D eigenvalue weighted by Crippen LogP contribution is -2.10. The van der Waals surface area contributed by atoms with E-state index in [1.807, 2.05) is 22.7 Å². The molecule has 0 N–H and O–H groups in total. The Bertz CT molecular complexity index is 6600. The molecule has 0 amide bonds. The summed E-state index contributed by atoms with van der Waals surface area (Å²) in [5.74, 6) is 1.30. The molecule has 0 aliphatic heterocycles. The third-order valence-electron chi connectivity index (χ3n) is 19.3. The number of hydrogen-bond acceptors (Lipinski definition) is 7. The maximum absolute atomic E-state index is 5.72. The Balaban J connectivity index is 0.757. The van der Waals surface area contributed by atoms with Crippen LogP contribution >= 0.6 is 34.0 Å². The van der Waals surface area contributed by atoms with Crippen LogP contribution in [0.15, 0.2) is 261 Å². The second kappa shape index (κ2) is 19.8. The van der Waals surface area contributed by atoms with Crippen molar-refractivity contribution >= 4 is 171 Å². The lowest BCUT2D eigenvalue weighted by atomic mass is 9.86. The molecule has 0 atom stereocenters. The van der Waals surface area contributed by atoms with Gasteiger partial charge in [0.2, 0.25) is 11.9 Å². The van der Waals surface area contributed by atoms with Crippen molar-refractivity contribution in [3.63, 3.8) is 0 Å². The number of aromatic nitrogens is 6. The molecule has 0 fully saturated rings. The van der Waals surface area contributed by atoms with Crippen molar-refractivity contribution < 1.29 is 0 Å². The third kappa shape index (κ3) is 8.04. The van der Waals surface area contributed by atoms with Crippen molar-refractivity contribution in [2.75, 3.05) is 0 Å². The van der Waals surface area contributed by atoms with Gasteiger partial charge in [-0.05, 0) is 134 Å². The lowest BCUT2D eigenvalue weighted by Gasteiger charge is -2.19. The zero-order chi connectivity index (χ0) is 61.4. The van der Waals surface area contributed by atoms with Crippen LogP contribution in [0.25, 0.3) is 193 Å². The molecule has 7 aromatic heterocycles. The fraction of sp³-hybridized carbons (Fsp3) is 0.0476. The quantitative estimate of drug-likeness (QED) is 0.166. The summed E-state index contributed by atoms with van der Waals surface area (Å²) >= 11 is 5.48. The van der Waals surface area contributed by atoms with Gasteiger partial charge >= 0.3 is 0 Å². The molecule has 0 saturated heterocycles. The van der Waals surface area contributed by atoms with Gasteiger partial charge in [-0.1, -0.05) is 203 Å². The van der Waals surface area contributed by atoms with Crippen LogP contribution in [-0.2, 0) is 5.41 Å². The summed E-state index contributed by atoms with van der Waals surface area (Å²) in [6.45, 7) is 6.81. The maximum Gasteiger partial charge on any atom is 0.235 e. The number of thiophene rings is 3. The van der Waals surface area contributed by atoms with E-state index < -0.39 is 0 Å². The van der Waals surface area contributed by atoms with Gasteiger partial charge in [-0.25, -0.2) is 19.9 Å². The van der Waals surface area contributed by atoms with Crippen LogP contribution < -0.4 is 0 Å². The molecule has 7 heterocycles. The molecule has 436 valence electrons. The van der Waals surface area contributed by atoms with E-state index in [1.54, 1.807) is 11.3 Å².